The predicted molar refractivity (Wildman–Crippen MR) is 80.1 cm³/mol. The molecular weight excluding hydrogens is 278 g/mol. The molecule has 5 nitrogen and oxygen atoms in total. The molecule has 0 radical (unpaired) electrons. The summed E-state index contributed by atoms with van der Waals surface area (Å²) < 4.78 is 1.87. The zero-order valence-electron chi connectivity index (χ0n) is 12.7. The van der Waals surface area contributed by atoms with Crippen LogP contribution in [0.4, 0.5) is 0 Å². The van der Waals surface area contributed by atoms with E-state index in [1.54, 1.807) is 0 Å². The van der Waals surface area contributed by atoms with Gasteiger partial charge < -0.3 is 5.11 Å². The first kappa shape index (κ1) is 17.0. The van der Waals surface area contributed by atoms with E-state index in [9.17, 15) is 4.79 Å². The lowest BCUT2D eigenvalue weighted by molar-refractivity contribution is -0.139. The number of carboxylic acids is 1. The molecule has 0 saturated carbocycles. The molecule has 0 aliphatic rings. The van der Waals surface area contributed by atoms with E-state index in [4.69, 9.17) is 16.7 Å². The van der Waals surface area contributed by atoms with Gasteiger partial charge in [-0.25, -0.2) is 0 Å². The van der Waals surface area contributed by atoms with Crippen LogP contribution in [0.3, 0.4) is 0 Å². The Hall–Kier alpha value is -1.07. The van der Waals surface area contributed by atoms with Gasteiger partial charge in [-0.1, -0.05) is 25.4 Å². The van der Waals surface area contributed by atoms with Crippen molar-refractivity contribution in [3.05, 3.63) is 16.4 Å². The molecule has 0 saturated heterocycles. The molecule has 0 aromatic carbocycles. The maximum Gasteiger partial charge on any atom is 0.317 e. The predicted octanol–water partition coefficient (Wildman–Crippen LogP) is 2.80. The van der Waals surface area contributed by atoms with Crippen LogP contribution in [-0.4, -0.2) is 38.3 Å². The summed E-state index contributed by atoms with van der Waals surface area (Å²) >= 11 is 6.38. The van der Waals surface area contributed by atoms with E-state index in [1.165, 1.54) is 0 Å². The summed E-state index contributed by atoms with van der Waals surface area (Å²) in [5, 5.41) is 14.2. The maximum atomic E-state index is 11.0. The van der Waals surface area contributed by atoms with Crippen molar-refractivity contribution >= 4 is 17.6 Å². The average Bonchev–Trinajstić information content (AvgIpc) is 2.73. The molecule has 0 bridgehead atoms. The van der Waals surface area contributed by atoms with Crippen molar-refractivity contribution < 1.29 is 9.90 Å². The standard InChI is InChI=1S/C14H24ClN3O2/c1-5-10(4)17(9-13(19)20)8-12-14(15)11(6-2)16-18(12)7-3/h10H,5-9H2,1-4H3,(H,19,20). The lowest BCUT2D eigenvalue weighted by Gasteiger charge is -2.26. The topological polar surface area (TPSA) is 58.4 Å². The first-order chi connectivity index (χ1) is 9.44. The van der Waals surface area contributed by atoms with Crippen molar-refractivity contribution in [3.8, 4) is 0 Å². The molecular formula is C14H24ClN3O2. The van der Waals surface area contributed by atoms with Gasteiger partial charge in [-0.05, 0) is 26.7 Å². The van der Waals surface area contributed by atoms with Crippen LogP contribution in [0.2, 0.25) is 5.02 Å². The van der Waals surface area contributed by atoms with Gasteiger partial charge in [0.1, 0.15) is 0 Å². The number of carboxylic acid groups (broad SMARTS) is 1. The highest BCUT2D eigenvalue weighted by atomic mass is 35.5. The Kier molecular flexibility index (Phi) is 6.49. The van der Waals surface area contributed by atoms with Crippen LogP contribution in [0.15, 0.2) is 0 Å². The highest BCUT2D eigenvalue weighted by Crippen LogP contribution is 2.24. The second kappa shape index (κ2) is 7.64. The summed E-state index contributed by atoms with van der Waals surface area (Å²) in [4.78, 5) is 13.0. The fraction of sp³-hybridized carbons (Fsp3) is 0.714. The van der Waals surface area contributed by atoms with Crippen molar-refractivity contribution in [3.63, 3.8) is 0 Å². The minimum absolute atomic E-state index is 0.0156. The molecule has 1 unspecified atom stereocenters. The Bertz CT molecular complexity index is 460. The number of carbonyl (C=O) groups is 1. The maximum absolute atomic E-state index is 11.0. The minimum atomic E-state index is -0.820. The highest BCUT2D eigenvalue weighted by molar-refractivity contribution is 6.31. The lowest BCUT2D eigenvalue weighted by Crippen LogP contribution is -2.37. The second-order valence-corrected chi connectivity index (χ2v) is 5.31. The summed E-state index contributed by atoms with van der Waals surface area (Å²) in [7, 11) is 0. The number of hydrogen-bond acceptors (Lipinski definition) is 3. The summed E-state index contributed by atoms with van der Waals surface area (Å²) in [6, 6.07) is 0.187. The van der Waals surface area contributed by atoms with Gasteiger partial charge in [0.15, 0.2) is 0 Å². The molecule has 1 N–H and O–H groups in total. The highest BCUT2D eigenvalue weighted by Gasteiger charge is 2.21. The minimum Gasteiger partial charge on any atom is -0.480 e. The average molecular weight is 302 g/mol. The molecule has 20 heavy (non-hydrogen) atoms. The quantitative estimate of drug-likeness (QED) is 0.802. The molecule has 1 aromatic heterocycles. The zero-order valence-corrected chi connectivity index (χ0v) is 13.4. The van der Waals surface area contributed by atoms with Gasteiger partial charge in [0, 0.05) is 19.1 Å². The van der Waals surface area contributed by atoms with Gasteiger partial charge >= 0.3 is 5.97 Å². The Labute approximate surface area is 125 Å². The van der Waals surface area contributed by atoms with E-state index >= 15 is 0 Å². The van der Waals surface area contributed by atoms with Gasteiger partial charge in [0.05, 0.1) is 23.0 Å². The van der Waals surface area contributed by atoms with Crippen LogP contribution < -0.4 is 0 Å². The fourth-order valence-corrected chi connectivity index (χ4v) is 2.49. The monoisotopic (exact) mass is 301 g/mol. The molecule has 0 aliphatic carbocycles. The molecule has 1 rings (SSSR count). The molecule has 0 aliphatic heterocycles. The normalized spacial score (nSPS) is 12.9. The number of aromatic nitrogens is 2. The van der Waals surface area contributed by atoms with Gasteiger partial charge in [-0.2, -0.15) is 5.10 Å². The number of halogens is 1. The number of aryl methyl sites for hydroxylation is 2. The van der Waals surface area contributed by atoms with Crippen LogP contribution in [-0.2, 0) is 24.3 Å². The molecule has 1 heterocycles. The molecule has 6 heteroatoms. The molecule has 114 valence electrons. The van der Waals surface area contributed by atoms with Crippen LogP contribution in [0.25, 0.3) is 0 Å². The van der Waals surface area contributed by atoms with E-state index in [2.05, 4.69) is 12.0 Å². The largest absolute Gasteiger partial charge is 0.480 e. The number of rotatable bonds is 8. The number of nitrogens with zero attached hydrogens (tertiary/aromatic N) is 3. The Morgan fingerprint density at radius 1 is 1.45 bits per heavy atom. The van der Waals surface area contributed by atoms with Gasteiger partial charge in [0.2, 0.25) is 0 Å². The van der Waals surface area contributed by atoms with E-state index < -0.39 is 5.97 Å². The van der Waals surface area contributed by atoms with Crippen LogP contribution >= 0.6 is 11.6 Å². The molecule has 0 spiro atoms. The lowest BCUT2D eigenvalue weighted by atomic mass is 10.2. The summed E-state index contributed by atoms with van der Waals surface area (Å²) in [5.41, 5.74) is 1.79. The molecule has 0 amide bonds. The van der Waals surface area contributed by atoms with Crippen LogP contribution in [0.1, 0.15) is 45.5 Å². The first-order valence-electron chi connectivity index (χ1n) is 7.14. The Morgan fingerprint density at radius 3 is 2.55 bits per heavy atom. The second-order valence-electron chi connectivity index (χ2n) is 4.93. The Balaban J connectivity index is 3.03. The van der Waals surface area contributed by atoms with E-state index in [0.29, 0.717) is 11.6 Å². The molecule has 1 atom stereocenters. The third kappa shape index (κ3) is 3.96. The van der Waals surface area contributed by atoms with Crippen molar-refractivity contribution in [2.24, 2.45) is 0 Å². The van der Waals surface area contributed by atoms with Crippen LogP contribution in [0, 0.1) is 0 Å². The smallest absolute Gasteiger partial charge is 0.317 e. The van der Waals surface area contributed by atoms with E-state index in [0.717, 1.165) is 30.8 Å². The Morgan fingerprint density at radius 2 is 2.10 bits per heavy atom. The van der Waals surface area contributed by atoms with Crippen molar-refractivity contribution in [1.29, 1.82) is 0 Å². The summed E-state index contributed by atoms with van der Waals surface area (Å²) in [6.45, 7) is 9.37. The van der Waals surface area contributed by atoms with Crippen molar-refractivity contribution in [1.82, 2.24) is 14.7 Å². The van der Waals surface area contributed by atoms with Crippen molar-refractivity contribution in [2.75, 3.05) is 6.54 Å². The fourth-order valence-electron chi connectivity index (χ4n) is 2.16. The van der Waals surface area contributed by atoms with Gasteiger partial charge in [0.25, 0.3) is 0 Å². The van der Waals surface area contributed by atoms with Crippen molar-refractivity contribution in [2.45, 2.75) is 59.7 Å². The number of hydrogen-bond donors (Lipinski definition) is 1. The number of aliphatic carboxylic acids is 1. The zero-order chi connectivity index (χ0) is 15.3. The van der Waals surface area contributed by atoms with E-state index in [1.807, 2.05) is 30.4 Å². The molecule has 1 aromatic rings. The van der Waals surface area contributed by atoms with E-state index in [-0.39, 0.29) is 12.6 Å². The summed E-state index contributed by atoms with van der Waals surface area (Å²) in [5.74, 6) is -0.820. The SMILES string of the molecule is CCc1nn(CC)c(CN(CC(=O)O)C(C)CC)c1Cl. The first-order valence-corrected chi connectivity index (χ1v) is 7.52. The third-order valence-electron chi connectivity index (χ3n) is 3.60. The van der Waals surface area contributed by atoms with Crippen LogP contribution in [0.5, 0.6) is 0 Å². The third-order valence-corrected chi connectivity index (χ3v) is 4.04. The molecule has 0 fully saturated rings. The van der Waals surface area contributed by atoms with Gasteiger partial charge in [-0.3, -0.25) is 14.4 Å². The van der Waals surface area contributed by atoms with Gasteiger partial charge in [-0.15, -0.1) is 0 Å². The summed E-state index contributed by atoms with van der Waals surface area (Å²) in [6.07, 6.45) is 1.67.